The highest BCUT2D eigenvalue weighted by molar-refractivity contribution is 6.10. The lowest BCUT2D eigenvalue weighted by atomic mass is 10.1. The molecule has 0 saturated heterocycles. The number of amides is 1. The number of hydrogen-bond donors (Lipinski definition) is 1. The largest absolute Gasteiger partial charge is 0.493 e. The number of hydrogen-bond acceptors (Lipinski definition) is 4. The van der Waals surface area contributed by atoms with E-state index in [4.69, 9.17) is 9.47 Å². The summed E-state index contributed by atoms with van der Waals surface area (Å²) in [6.07, 6.45) is 3.52. The van der Waals surface area contributed by atoms with E-state index in [1.807, 2.05) is 49.4 Å². The lowest BCUT2D eigenvalue weighted by Gasteiger charge is -2.14. The summed E-state index contributed by atoms with van der Waals surface area (Å²) in [5.74, 6) is 1.09. The lowest BCUT2D eigenvalue weighted by Crippen LogP contribution is -2.14. The first-order valence-electron chi connectivity index (χ1n) is 9.28. The molecule has 5 heteroatoms. The minimum absolute atomic E-state index is 0.214. The minimum atomic E-state index is -0.214. The summed E-state index contributed by atoms with van der Waals surface area (Å²) in [4.78, 5) is 17.3. The molecule has 0 radical (unpaired) electrons. The third-order valence-corrected chi connectivity index (χ3v) is 4.04. The Hall–Kier alpha value is -3.08. The third kappa shape index (κ3) is 4.37. The molecule has 0 fully saturated rings. The summed E-state index contributed by atoms with van der Waals surface area (Å²) >= 11 is 0. The molecule has 0 atom stereocenters. The highest BCUT2D eigenvalue weighted by atomic mass is 16.5. The number of ether oxygens (including phenoxy) is 2. The number of pyridine rings is 1. The van der Waals surface area contributed by atoms with Crippen LogP contribution in [0.1, 0.15) is 37.0 Å². The van der Waals surface area contributed by atoms with E-state index in [0.29, 0.717) is 30.2 Å². The minimum Gasteiger partial charge on any atom is -0.493 e. The predicted octanol–water partition coefficient (Wildman–Crippen LogP) is 5.06. The second-order valence-electron chi connectivity index (χ2n) is 6.16. The fraction of sp³-hybridized carbons (Fsp3) is 0.273. The predicted molar refractivity (Wildman–Crippen MR) is 108 cm³/mol. The Labute approximate surface area is 159 Å². The van der Waals surface area contributed by atoms with E-state index in [2.05, 4.69) is 17.2 Å². The molecule has 0 unspecified atom stereocenters. The summed E-state index contributed by atoms with van der Waals surface area (Å²) in [5.41, 5.74) is 1.94. The highest BCUT2D eigenvalue weighted by Crippen LogP contribution is 2.31. The zero-order valence-electron chi connectivity index (χ0n) is 15.7. The molecule has 27 heavy (non-hydrogen) atoms. The molecule has 3 aromatic rings. The van der Waals surface area contributed by atoms with Crippen molar-refractivity contribution in [1.29, 1.82) is 0 Å². The molecule has 3 rings (SSSR count). The van der Waals surface area contributed by atoms with Crippen LogP contribution in [0.2, 0.25) is 0 Å². The number of carbonyl (C=O) groups excluding carboxylic acids is 1. The molecule has 1 amide bonds. The molecule has 0 aliphatic rings. The fourth-order valence-electron chi connectivity index (χ4n) is 2.77. The summed E-state index contributed by atoms with van der Waals surface area (Å²) in [6, 6.07) is 14.7. The Morgan fingerprint density at radius 2 is 1.67 bits per heavy atom. The average Bonchev–Trinajstić information content (AvgIpc) is 2.71. The standard InChI is InChI=1S/C22H24N2O3/c1-3-14-26-19-10-6-5-8-17(19)22(25)24-18-11-12-20(27-15-4-2)21-16(18)9-7-13-23-21/h5-13H,3-4,14-15H2,1-2H3,(H,24,25). The molecular weight excluding hydrogens is 340 g/mol. The van der Waals surface area contributed by atoms with Crippen molar-refractivity contribution in [1.82, 2.24) is 4.98 Å². The van der Waals surface area contributed by atoms with Gasteiger partial charge in [-0.1, -0.05) is 26.0 Å². The zero-order chi connectivity index (χ0) is 19.1. The van der Waals surface area contributed by atoms with Gasteiger partial charge in [0.2, 0.25) is 0 Å². The highest BCUT2D eigenvalue weighted by Gasteiger charge is 2.15. The van der Waals surface area contributed by atoms with Crippen LogP contribution in [0, 0.1) is 0 Å². The number of para-hydroxylation sites is 1. The van der Waals surface area contributed by atoms with Gasteiger partial charge in [-0.25, -0.2) is 0 Å². The van der Waals surface area contributed by atoms with E-state index in [0.717, 1.165) is 29.5 Å². The van der Waals surface area contributed by atoms with Gasteiger partial charge in [-0.15, -0.1) is 0 Å². The summed E-state index contributed by atoms with van der Waals surface area (Å²) in [7, 11) is 0. The Morgan fingerprint density at radius 3 is 2.44 bits per heavy atom. The van der Waals surface area contributed by atoms with Gasteiger partial charge in [-0.05, 0) is 49.2 Å². The molecule has 0 bridgehead atoms. The van der Waals surface area contributed by atoms with Crippen molar-refractivity contribution in [2.45, 2.75) is 26.7 Å². The molecule has 0 aliphatic heterocycles. The fourth-order valence-corrected chi connectivity index (χ4v) is 2.77. The van der Waals surface area contributed by atoms with Crippen molar-refractivity contribution in [3.63, 3.8) is 0 Å². The first kappa shape index (κ1) is 18.7. The Balaban J connectivity index is 1.90. The van der Waals surface area contributed by atoms with Crippen LogP contribution < -0.4 is 14.8 Å². The number of fused-ring (bicyclic) bond motifs is 1. The van der Waals surface area contributed by atoms with Crippen LogP contribution in [0.25, 0.3) is 10.9 Å². The van der Waals surface area contributed by atoms with E-state index in [1.54, 1.807) is 12.3 Å². The van der Waals surface area contributed by atoms with Crippen molar-refractivity contribution in [2.24, 2.45) is 0 Å². The Bertz CT molecular complexity index is 924. The number of rotatable bonds is 8. The van der Waals surface area contributed by atoms with E-state index < -0.39 is 0 Å². The smallest absolute Gasteiger partial charge is 0.259 e. The summed E-state index contributed by atoms with van der Waals surface area (Å²) in [5, 5.41) is 3.83. The maximum atomic E-state index is 12.9. The molecule has 0 aliphatic carbocycles. The van der Waals surface area contributed by atoms with Crippen LogP contribution in [0.3, 0.4) is 0 Å². The normalized spacial score (nSPS) is 10.6. The van der Waals surface area contributed by atoms with E-state index in [1.165, 1.54) is 0 Å². The van der Waals surface area contributed by atoms with Crippen LogP contribution in [-0.4, -0.2) is 24.1 Å². The topological polar surface area (TPSA) is 60.5 Å². The van der Waals surface area contributed by atoms with Crippen LogP contribution in [0.4, 0.5) is 5.69 Å². The van der Waals surface area contributed by atoms with Crippen molar-refractivity contribution >= 4 is 22.5 Å². The first-order valence-corrected chi connectivity index (χ1v) is 9.28. The molecule has 5 nitrogen and oxygen atoms in total. The SMILES string of the molecule is CCCOc1ccccc1C(=O)Nc1ccc(OCCC)c2ncccc12. The Morgan fingerprint density at radius 1 is 0.926 bits per heavy atom. The monoisotopic (exact) mass is 364 g/mol. The number of carbonyl (C=O) groups is 1. The van der Waals surface area contributed by atoms with Gasteiger partial charge in [-0.3, -0.25) is 9.78 Å². The van der Waals surface area contributed by atoms with Crippen LogP contribution in [0.15, 0.2) is 54.7 Å². The summed E-state index contributed by atoms with van der Waals surface area (Å²) < 4.78 is 11.5. The van der Waals surface area contributed by atoms with Gasteiger partial charge >= 0.3 is 0 Å². The van der Waals surface area contributed by atoms with Gasteiger partial charge in [0.05, 0.1) is 24.5 Å². The van der Waals surface area contributed by atoms with Crippen LogP contribution in [-0.2, 0) is 0 Å². The van der Waals surface area contributed by atoms with Gasteiger partial charge in [0, 0.05) is 11.6 Å². The van der Waals surface area contributed by atoms with Gasteiger partial charge in [0.1, 0.15) is 17.0 Å². The van der Waals surface area contributed by atoms with E-state index in [9.17, 15) is 4.79 Å². The molecule has 1 aromatic heterocycles. The Kier molecular flexibility index (Phi) is 6.26. The number of anilines is 1. The van der Waals surface area contributed by atoms with Crippen molar-refractivity contribution in [3.8, 4) is 11.5 Å². The average molecular weight is 364 g/mol. The third-order valence-electron chi connectivity index (χ3n) is 4.04. The molecule has 1 heterocycles. The van der Waals surface area contributed by atoms with Crippen molar-refractivity contribution < 1.29 is 14.3 Å². The number of aromatic nitrogens is 1. The molecular formula is C22H24N2O3. The zero-order valence-corrected chi connectivity index (χ0v) is 15.7. The lowest BCUT2D eigenvalue weighted by molar-refractivity contribution is 0.102. The molecule has 1 N–H and O–H groups in total. The van der Waals surface area contributed by atoms with E-state index in [-0.39, 0.29) is 5.91 Å². The number of nitrogens with zero attached hydrogens (tertiary/aromatic N) is 1. The second-order valence-corrected chi connectivity index (χ2v) is 6.16. The van der Waals surface area contributed by atoms with Gasteiger partial charge < -0.3 is 14.8 Å². The maximum Gasteiger partial charge on any atom is 0.259 e. The molecule has 2 aromatic carbocycles. The van der Waals surface area contributed by atoms with Gasteiger partial charge in [-0.2, -0.15) is 0 Å². The first-order chi connectivity index (χ1) is 13.2. The van der Waals surface area contributed by atoms with Crippen LogP contribution in [0.5, 0.6) is 11.5 Å². The van der Waals surface area contributed by atoms with Crippen LogP contribution >= 0.6 is 0 Å². The maximum absolute atomic E-state index is 12.9. The van der Waals surface area contributed by atoms with Gasteiger partial charge in [0.25, 0.3) is 5.91 Å². The molecule has 140 valence electrons. The van der Waals surface area contributed by atoms with Crippen molar-refractivity contribution in [2.75, 3.05) is 18.5 Å². The molecule has 0 spiro atoms. The molecule has 0 saturated carbocycles. The quantitative estimate of drug-likeness (QED) is 0.606. The van der Waals surface area contributed by atoms with Crippen molar-refractivity contribution in [3.05, 3.63) is 60.3 Å². The van der Waals surface area contributed by atoms with E-state index >= 15 is 0 Å². The van der Waals surface area contributed by atoms with Gasteiger partial charge in [0.15, 0.2) is 0 Å². The second kappa shape index (κ2) is 9.03. The number of benzene rings is 2. The number of nitrogens with one attached hydrogen (secondary N) is 1. The summed E-state index contributed by atoms with van der Waals surface area (Å²) in [6.45, 7) is 5.28.